The first-order valence-corrected chi connectivity index (χ1v) is 6.81. The van der Waals surface area contributed by atoms with Crippen LogP contribution in [0.3, 0.4) is 0 Å². The van der Waals surface area contributed by atoms with E-state index in [1.54, 1.807) is 0 Å². The van der Waals surface area contributed by atoms with Gasteiger partial charge in [0.05, 0.1) is 5.56 Å². The summed E-state index contributed by atoms with van der Waals surface area (Å²) in [5.74, 6) is 0. The fraction of sp³-hybridized carbons (Fsp3) is 0.538. The predicted molar refractivity (Wildman–Crippen MR) is 71.8 cm³/mol. The Morgan fingerprint density at radius 2 is 1.94 bits per heavy atom. The number of anilines is 1. The van der Waals surface area contributed by atoms with Gasteiger partial charge in [-0.2, -0.15) is 13.2 Å². The number of rotatable bonds is 5. The van der Waals surface area contributed by atoms with Crippen LogP contribution in [0.4, 0.5) is 18.9 Å². The Balaban J connectivity index is 2.93. The summed E-state index contributed by atoms with van der Waals surface area (Å²) >= 11 is 3.28. The standard InChI is InChI=1S/C13H17BrF3N/c1-3-5-10(4-2)18-12-8-9(13(15,16)17)6-7-11(12)14/h6-8,10,18H,3-5H2,1-2H3. The van der Waals surface area contributed by atoms with Gasteiger partial charge in [-0.3, -0.25) is 0 Å². The summed E-state index contributed by atoms with van der Waals surface area (Å²) in [6.07, 6.45) is -1.47. The van der Waals surface area contributed by atoms with E-state index < -0.39 is 11.7 Å². The third-order valence-electron chi connectivity index (χ3n) is 2.78. The molecule has 1 N–H and O–H groups in total. The number of benzene rings is 1. The molecule has 0 radical (unpaired) electrons. The summed E-state index contributed by atoms with van der Waals surface area (Å²) < 4.78 is 38.5. The van der Waals surface area contributed by atoms with Crippen LogP contribution in [0.25, 0.3) is 0 Å². The minimum absolute atomic E-state index is 0.204. The molecule has 1 atom stereocenters. The van der Waals surface area contributed by atoms with Crippen LogP contribution in [0, 0.1) is 0 Å². The number of hydrogen-bond acceptors (Lipinski definition) is 1. The normalized spacial score (nSPS) is 13.4. The zero-order chi connectivity index (χ0) is 13.8. The number of halogens is 4. The molecule has 0 spiro atoms. The highest BCUT2D eigenvalue weighted by Crippen LogP contribution is 2.34. The Kier molecular flexibility index (Phi) is 5.50. The molecule has 0 fully saturated rings. The van der Waals surface area contributed by atoms with Crippen LogP contribution in [-0.2, 0) is 6.18 Å². The van der Waals surface area contributed by atoms with Crippen LogP contribution >= 0.6 is 15.9 Å². The Hall–Kier alpha value is -0.710. The number of hydrogen-bond donors (Lipinski definition) is 1. The van der Waals surface area contributed by atoms with Crippen molar-refractivity contribution in [2.45, 2.75) is 45.3 Å². The topological polar surface area (TPSA) is 12.0 Å². The van der Waals surface area contributed by atoms with E-state index in [0.717, 1.165) is 31.4 Å². The van der Waals surface area contributed by atoms with Crippen molar-refractivity contribution in [2.24, 2.45) is 0 Å². The lowest BCUT2D eigenvalue weighted by molar-refractivity contribution is -0.137. The molecule has 0 saturated heterocycles. The SMILES string of the molecule is CCCC(CC)Nc1cc(C(F)(F)F)ccc1Br. The fourth-order valence-corrected chi connectivity index (χ4v) is 2.12. The third-order valence-corrected chi connectivity index (χ3v) is 3.47. The number of alkyl halides is 3. The van der Waals surface area contributed by atoms with Gasteiger partial charge < -0.3 is 5.32 Å². The average molecular weight is 324 g/mol. The molecule has 1 nitrogen and oxygen atoms in total. The molecule has 0 aliphatic carbocycles. The molecule has 1 rings (SSSR count). The summed E-state index contributed by atoms with van der Waals surface area (Å²) in [6, 6.07) is 3.87. The molecule has 0 bridgehead atoms. The van der Waals surface area contributed by atoms with Crippen LogP contribution in [-0.4, -0.2) is 6.04 Å². The lowest BCUT2D eigenvalue weighted by atomic mass is 10.1. The molecule has 0 aromatic heterocycles. The molecule has 1 aromatic carbocycles. The second-order valence-electron chi connectivity index (χ2n) is 4.23. The van der Waals surface area contributed by atoms with Crippen molar-refractivity contribution < 1.29 is 13.2 Å². The van der Waals surface area contributed by atoms with Gasteiger partial charge in [0.15, 0.2) is 0 Å². The molecule has 18 heavy (non-hydrogen) atoms. The van der Waals surface area contributed by atoms with E-state index in [1.165, 1.54) is 6.07 Å². The van der Waals surface area contributed by atoms with Crippen molar-refractivity contribution >= 4 is 21.6 Å². The maximum absolute atomic E-state index is 12.6. The Bertz CT molecular complexity index is 390. The molecular formula is C13H17BrF3N. The zero-order valence-corrected chi connectivity index (χ0v) is 12.0. The van der Waals surface area contributed by atoms with Crippen LogP contribution in [0.5, 0.6) is 0 Å². The number of nitrogens with one attached hydrogen (secondary N) is 1. The quantitative estimate of drug-likeness (QED) is 0.758. The smallest absolute Gasteiger partial charge is 0.381 e. The second-order valence-corrected chi connectivity index (χ2v) is 5.08. The largest absolute Gasteiger partial charge is 0.416 e. The van der Waals surface area contributed by atoms with Crippen LogP contribution in [0.1, 0.15) is 38.7 Å². The molecule has 1 unspecified atom stereocenters. The highest BCUT2D eigenvalue weighted by molar-refractivity contribution is 9.10. The van der Waals surface area contributed by atoms with Crippen molar-refractivity contribution in [3.8, 4) is 0 Å². The lowest BCUT2D eigenvalue weighted by Gasteiger charge is -2.19. The molecule has 0 aliphatic rings. The lowest BCUT2D eigenvalue weighted by Crippen LogP contribution is -2.18. The molecule has 0 amide bonds. The van der Waals surface area contributed by atoms with Gasteiger partial charge >= 0.3 is 6.18 Å². The highest BCUT2D eigenvalue weighted by Gasteiger charge is 2.31. The molecule has 0 aliphatic heterocycles. The fourth-order valence-electron chi connectivity index (χ4n) is 1.76. The van der Waals surface area contributed by atoms with E-state index in [1.807, 2.05) is 6.92 Å². The summed E-state index contributed by atoms with van der Waals surface area (Å²) in [4.78, 5) is 0. The summed E-state index contributed by atoms with van der Waals surface area (Å²) in [6.45, 7) is 4.08. The van der Waals surface area contributed by atoms with Gasteiger partial charge in [0.1, 0.15) is 0 Å². The first kappa shape index (κ1) is 15.3. The maximum atomic E-state index is 12.6. The second kappa shape index (κ2) is 6.45. The van der Waals surface area contributed by atoms with Gasteiger partial charge in [-0.05, 0) is 47.0 Å². The first-order valence-electron chi connectivity index (χ1n) is 6.01. The Labute approximate surface area is 114 Å². The molecule has 0 saturated carbocycles. The Morgan fingerprint density at radius 3 is 2.44 bits per heavy atom. The Morgan fingerprint density at radius 1 is 1.28 bits per heavy atom. The maximum Gasteiger partial charge on any atom is 0.416 e. The molecule has 1 aromatic rings. The van der Waals surface area contributed by atoms with Crippen LogP contribution < -0.4 is 5.32 Å². The van der Waals surface area contributed by atoms with Gasteiger partial charge in [-0.1, -0.05) is 20.3 Å². The molecule has 5 heteroatoms. The van der Waals surface area contributed by atoms with Crippen molar-refractivity contribution in [1.82, 2.24) is 0 Å². The van der Waals surface area contributed by atoms with Gasteiger partial charge in [0.25, 0.3) is 0 Å². The minimum Gasteiger partial charge on any atom is -0.381 e. The van der Waals surface area contributed by atoms with Gasteiger partial charge in [-0.25, -0.2) is 0 Å². The summed E-state index contributed by atoms with van der Waals surface area (Å²) in [5.41, 5.74) is -0.121. The van der Waals surface area contributed by atoms with Crippen molar-refractivity contribution in [3.63, 3.8) is 0 Å². The highest BCUT2D eigenvalue weighted by atomic mass is 79.9. The molecular weight excluding hydrogens is 307 g/mol. The van der Waals surface area contributed by atoms with Crippen molar-refractivity contribution in [3.05, 3.63) is 28.2 Å². The summed E-state index contributed by atoms with van der Waals surface area (Å²) in [7, 11) is 0. The van der Waals surface area contributed by atoms with Gasteiger partial charge in [-0.15, -0.1) is 0 Å². The van der Waals surface area contributed by atoms with Crippen LogP contribution in [0.2, 0.25) is 0 Å². The average Bonchev–Trinajstić information content (AvgIpc) is 2.29. The predicted octanol–water partition coefficient (Wildman–Crippen LogP) is 5.46. The summed E-state index contributed by atoms with van der Waals surface area (Å²) in [5, 5.41) is 3.16. The van der Waals surface area contributed by atoms with E-state index in [0.29, 0.717) is 10.2 Å². The van der Waals surface area contributed by atoms with Crippen LogP contribution in [0.15, 0.2) is 22.7 Å². The van der Waals surface area contributed by atoms with Gasteiger partial charge in [0.2, 0.25) is 0 Å². The molecule has 102 valence electrons. The van der Waals surface area contributed by atoms with E-state index >= 15 is 0 Å². The van der Waals surface area contributed by atoms with E-state index in [2.05, 4.69) is 28.2 Å². The minimum atomic E-state index is -4.30. The van der Waals surface area contributed by atoms with E-state index in [9.17, 15) is 13.2 Å². The van der Waals surface area contributed by atoms with Gasteiger partial charge in [0, 0.05) is 16.2 Å². The zero-order valence-electron chi connectivity index (χ0n) is 10.4. The van der Waals surface area contributed by atoms with Crippen molar-refractivity contribution in [1.29, 1.82) is 0 Å². The van der Waals surface area contributed by atoms with Crippen molar-refractivity contribution in [2.75, 3.05) is 5.32 Å². The van der Waals surface area contributed by atoms with E-state index in [4.69, 9.17) is 0 Å². The molecule has 0 heterocycles. The first-order chi connectivity index (χ1) is 8.38. The monoisotopic (exact) mass is 323 g/mol. The van der Waals surface area contributed by atoms with E-state index in [-0.39, 0.29) is 6.04 Å². The third kappa shape index (κ3) is 4.19.